The van der Waals surface area contributed by atoms with Crippen molar-refractivity contribution in [3.63, 3.8) is 0 Å². The maximum absolute atomic E-state index is 11.7. The highest BCUT2D eigenvalue weighted by Crippen LogP contribution is 2.20. The summed E-state index contributed by atoms with van der Waals surface area (Å²) in [6.07, 6.45) is 0. The summed E-state index contributed by atoms with van der Waals surface area (Å²) in [6, 6.07) is 4.26. The minimum atomic E-state index is -0.540. The van der Waals surface area contributed by atoms with Crippen molar-refractivity contribution in [2.24, 2.45) is 11.7 Å². The summed E-state index contributed by atoms with van der Waals surface area (Å²) in [7, 11) is 1.60. The number of carbonyl (C=O) groups is 2. The molecule has 6 N–H and O–H groups in total. The Morgan fingerprint density at radius 3 is 2.12 bits per heavy atom. The predicted octanol–water partition coefficient (Wildman–Crippen LogP) is -1.05. The van der Waals surface area contributed by atoms with Crippen LogP contribution in [0.25, 0.3) is 0 Å². The second-order valence-corrected chi connectivity index (χ2v) is 4.72. The van der Waals surface area contributed by atoms with Gasteiger partial charge in [-0.1, -0.05) is 0 Å². The lowest BCUT2D eigenvalue weighted by Crippen LogP contribution is -2.31. The minimum Gasteiger partial charge on any atom is -0.490 e. The topological polar surface area (TPSA) is 147 Å². The maximum atomic E-state index is 11.7. The number of nitrogens with two attached hydrogens (primary N) is 2. The number of hydrogen-bond acceptors (Lipinski definition) is 8. The van der Waals surface area contributed by atoms with E-state index in [-0.39, 0.29) is 30.1 Å². The fourth-order valence-corrected chi connectivity index (χ4v) is 1.81. The summed E-state index contributed by atoms with van der Waals surface area (Å²) < 4.78 is 21.0. The van der Waals surface area contributed by atoms with Crippen LogP contribution in [0.4, 0.5) is 0 Å². The van der Waals surface area contributed by atoms with Crippen LogP contribution in [-0.2, 0) is 14.2 Å². The van der Waals surface area contributed by atoms with E-state index < -0.39 is 11.8 Å². The Labute approximate surface area is 145 Å². The molecule has 1 aromatic rings. The molecule has 0 spiro atoms. The first-order valence-electron chi connectivity index (χ1n) is 7.57. The van der Waals surface area contributed by atoms with Gasteiger partial charge < -0.3 is 18.9 Å². The number of hydrogen-bond donors (Lipinski definition) is 4. The quantitative estimate of drug-likeness (QED) is 0.161. The number of carbonyl (C=O) groups excluding carboxylic acids is 2. The van der Waals surface area contributed by atoms with Crippen LogP contribution in [0.3, 0.4) is 0 Å². The fourth-order valence-electron chi connectivity index (χ4n) is 1.81. The number of methoxy groups -OCH3 is 1. The van der Waals surface area contributed by atoms with E-state index in [1.165, 1.54) is 18.2 Å². The summed E-state index contributed by atoms with van der Waals surface area (Å²) in [5.74, 6) is 9.39. The lowest BCUT2D eigenvalue weighted by molar-refractivity contribution is 0.0179. The molecule has 0 bridgehead atoms. The Kier molecular flexibility index (Phi) is 10.1. The Hall–Kier alpha value is -2.24. The molecule has 0 aromatic heterocycles. The van der Waals surface area contributed by atoms with Crippen LogP contribution in [0.1, 0.15) is 20.7 Å². The van der Waals surface area contributed by atoms with Crippen LogP contribution < -0.4 is 27.3 Å². The molecule has 0 saturated heterocycles. The largest absolute Gasteiger partial charge is 0.490 e. The highest BCUT2D eigenvalue weighted by atomic mass is 16.6. The van der Waals surface area contributed by atoms with Crippen LogP contribution in [0.5, 0.6) is 5.75 Å². The molecule has 1 aromatic carbocycles. The fraction of sp³-hybridized carbons (Fsp3) is 0.467. The summed E-state index contributed by atoms with van der Waals surface area (Å²) in [6.45, 7) is 2.34. The van der Waals surface area contributed by atoms with Gasteiger partial charge >= 0.3 is 0 Å². The van der Waals surface area contributed by atoms with Crippen LogP contribution >= 0.6 is 0 Å². The molecule has 0 aliphatic carbocycles. The molecular weight excluding hydrogens is 332 g/mol. The van der Waals surface area contributed by atoms with Gasteiger partial charge in [0.1, 0.15) is 12.4 Å². The first-order chi connectivity index (χ1) is 12.1. The van der Waals surface area contributed by atoms with Crippen LogP contribution in [0.2, 0.25) is 0 Å². The molecule has 0 saturated carbocycles. The van der Waals surface area contributed by atoms with Gasteiger partial charge in [-0.05, 0) is 18.2 Å². The van der Waals surface area contributed by atoms with Crippen molar-refractivity contribution in [1.29, 1.82) is 0 Å². The molecular formula is C15H24N4O6. The van der Waals surface area contributed by atoms with Gasteiger partial charge in [0.15, 0.2) is 0 Å². The van der Waals surface area contributed by atoms with Gasteiger partial charge in [0.05, 0.1) is 38.6 Å². The van der Waals surface area contributed by atoms with Crippen LogP contribution in [0, 0.1) is 0 Å². The van der Waals surface area contributed by atoms with Gasteiger partial charge in [-0.3, -0.25) is 20.4 Å². The minimum absolute atomic E-state index is 0.177. The van der Waals surface area contributed by atoms with Crippen LogP contribution in [0.15, 0.2) is 18.2 Å². The summed E-state index contributed by atoms with van der Waals surface area (Å²) in [5.41, 5.74) is 4.47. The smallest absolute Gasteiger partial charge is 0.268 e. The monoisotopic (exact) mass is 356 g/mol. The second kappa shape index (κ2) is 12.2. The standard InChI is InChI=1S/C15H24N4O6/c1-22-4-5-23-6-7-24-8-9-25-13-10-11(14(20)18-16)2-3-12(13)15(21)19-17/h2-3,10H,4-9,16-17H2,1H3,(H,18,20)(H,19,21). The van der Waals surface area contributed by atoms with Gasteiger partial charge in [0.25, 0.3) is 11.8 Å². The summed E-state index contributed by atoms with van der Waals surface area (Å²) in [5, 5.41) is 0. The summed E-state index contributed by atoms with van der Waals surface area (Å²) >= 11 is 0. The molecule has 0 fully saturated rings. The number of nitrogens with one attached hydrogen (secondary N) is 2. The lowest BCUT2D eigenvalue weighted by atomic mass is 10.1. The van der Waals surface area contributed by atoms with Gasteiger partial charge in [-0.25, -0.2) is 11.7 Å². The van der Waals surface area contributed by atoms with Gasteiger partial charge in [-0.2, -0.15) is 0 Å². The molecule has 10 heteroatoms. The molecule has 1 rings (SSSR count). The van der Waals surface area contributed by atoms with Crippen molar-refractivity contribution in [3.05, 3.63) is 29.3 Å². The molecule has 0 unspecified atom stereocenters. The summed E-state index contributed by atoms with van der Waals surface area (Å²) in [4.78, 5) is 23.3. The third kappa shape index (κ3) is 7.45. The Morgan fingerprint density at radius 1 is 0.920 bits per heavy atom. The van der Waals surface area contributed by atoms with Gasteiger partial charge in [0.2, 0.25) is 0 Å². The Balaban J connectivity index is 2.49. The molecule has 0 aliphatic rings. The van der Waals surface area contributed by atoms with Crippen molar-refractivity contribution in [2.75, 3.05) is 46.8 Å². The van der Waals surface area contributed by atoms with E-state index in [9.17, 15) is 9.59 Å². The third-order valence-corrected chi connectivity index (χ3v) is 3.04. The Bertz CT molecular complexity index is 555. The number of nitrogen functional groups attached to an aromatic ring is 2. The van der Waals surface area contributed by atoms with Gasteiger partial charge in [-0.15, -0.1) is 0 Å². The van der Waals surface area contributed by atoms with E-state index in [0.717, 1.165) is 0 Å². The molecule has 10 nitrogen and oxygen atoms in total. The van der Waals surface area contributed by atoms with Crippen molar-refractivity contribution < 1.29 is 28.5 Å². The van der Waals surface area contributed by atoms with Crippen molar-refractivity contribution in [2.45, 2.75) is 0 Å². The molecule has 0 aliphatic heterocycles. The molecule has 0 heterocycles. The van der Waals surface area contributed by atoms with Crippen molar-refractivity contribution >= 4 is 11.8 Å². The van der Waals surface area contributed by atoms with E-state index in [1.807, 2.05) is 10.9 Å². The molecule has 0 radical (unpaired) electrons. The normalized spacial score (nSPS) is 10.4. The van der Waals surface area contributed by atoms with E-state index in [4.69, 9.17) is 30.6 Å². The highest BCUT2D eigenvalue weighted by molar-refractivity contribution is 5.99. The van der Waals surface area contributed by atoms with Crippen molar-refractivity contribution in [1.82, 2.24) is 10.9 Å². The predicted molar refractivity (Wildman–Crippen MR) is 88.8 cm³/mol. The molecule has 25 heavy (non-hydrogen) atoms. The number of hydrazine groups is 2. The molecule has 140 valence electrons. The zero-order valence-corrected chi connectivity index (χ0v) is 14.1. The first kappa shape index (κ1) is 20.8. The number of amides is 2. The maximum Gasteiger partial charge on any atom is 0.268 e. The van der Waals surface area contributed by atoms with Crippen molar-refractivity contribution in [3.8, 4) is 5.75 Å². The average Bonchev–Trinajstić information content (AvgIpc) is 2.65. The van der Waals surface area contributed by atoms with E-state index in [1.54, 1.807) is 7.11 Å². The van der Waals surface area contributed by atoms with Crippen LogP contribution in [-0.4, -0.2) is 58.6 Å². The SMILES string of the molecule is COCCOCCOCCOc1cc(C(=O)NN)ccc1C(=O)NN. The number of benzene rings is 1. The highest BCUT2D eigenvalue weighted by Gasteiger charge is 2.15. The molecule has 0 atom stereocenters. The Morgan fingerprint density at radius 2 is 1.52 bits per heavy atom. The molecule has 2 amide bonds. The number of ether oxygens (including phenoxy) is 4. The first-order valence-corrected chi connectivity index (χ1v) is 7.57. The van der Waals surface area contributed by atoms with E-state index >= 15 is 0 Å². The number of rotatable bonds is 12. The zero-order valence-electron chi connectivity index (χ0n) is 14.1. The third-order valence-electron chi connectivity index (χ3n) is 3.04. The second-order valence-electron chi connectivity index (χ2n) is 4.72. The lowest BCUT2D eigenvalue weighted by Gasteiger charge is -2.12. The van der Waals surface area contributed by atoms with E-state index in [2.05, 4.69) is 0 Å². The van der Waals surface area contributed by atoms with Gasteiger partial charge in [0, 0.05) is 12.7 Å². The average molecular weight is 356 g/mol. The zero-order chi connectivity index (χ0) is 18.5. The van der Waals surface area contributed by atoms with E-state index in [0.29, 0.717) is 26.4 Å².